The van der Waals surface area contributed by atoms with E-state index in [-0.39, 0.29) is 0 Å². The van der Waals surface area contributed by atoms with E-state index in [1.165, 1.54) is 0 Å². The molecular formula is C15H17N3O2. The minimum absolute atomic E-state index is 0.506. The Morgan fingerprint density at radius 1 is 1.25 bits per heavy atom. The van der Waals surface area contributed by atoms with Crippen molar-refractivity contribution < 1.29 is 9.47 Å². The minimum Gasteiger partial charge on any atom is -0.494 e. The van der Waals surface area contributed by atoms with E-state index >= 15 is 0 Å². The summed E-state index contributed by atoms with van der Waals surface area (Å²) in [6.07, 6.45) is 0. The Morgan fingerprint density at radius 2 is 2.05 bits per heavy atom. The van der Waals surface area contributed by atoms with Crippen LogP contribution in [0.3, 0.4) is 0 Å². The molecule has 104 valence electrons. The molecule has 1 heterocycles. The van der Waals surface area contributed by atoms with Crippen LogP contribution in [0.2, 0.25) is 0 Å². The maximum atomic E-state index is 5.88. The van der Waals surface area contributed by atoms with Crippen molar-refractivity contribution in [3.8, 4) is 17.0 Å². The predicted molar refractivity (Wildman–Crippen MR) is 79.1 cm³/mol. The van der Waals surface area contributed by atoms with Gasteiger partial charge in [0.05, 0.1) is 25.1 Å². The van der Waals surface area contributed by atoms with Gasteiger partial charge in [0.2, 0.25) is 0 Å². The number of hydrogen-bond donors (Lipinski definition) is 1. The smallest absolute Gasteiger partial charge is 0.151 e. The molecule has 0 aliphatic carbocycles. The Labute approximate surface area is 118 Å². The van der Waals surface area contributed by atoms with E-state index in [0.29, 0.717) is 35.2 Å². The number of ether oxygens (including phenoxy) is 2. The van der Waals surface area contributed by atoms with Crippen molar-refractivity contribution in [2.75, 3.05) is 19.5 Å². The molecule has 0 atom stereocenters. The van der Waals surface area contributed by atoms with Gasteiger partial charge < -0.3 is 15.2 Å². The van der Waals surface area contributed by atoms with Crippen LogP contribution in [0.25, 0.3) is 17.0 Å². The van der Waals surface area contributed by atoms with Crippen molar-refractivity contribution in [2.45, 2.75) is 6.92 Å². The van der Waals surface area contributed by atoms with Crippen LogP contribution in [-0.4, -0.2) is 23.9 Å². The number of anilines is 1. The normalized spacial score (nSPS) is 10.1. The predicted octanol–water partition coefficient (Wildman–Crippen LogP) is 2.74. The van der Waals surface area contributed by atoms with Crippen LogP contribution in [0.1, 0.15) is 12.6 Å². The first kappa shape index (κ1) is 13.9. The van der Waals surface area contributed by atoms with Gasteiger partial charge in [0.25, 0.3) is 0 Å². The number of benzene rings is 1. The maximum Gasteiger partial charge on any atom is 0.151 e. The zero-order chi connectivity index (χ0) is 14.5. The van der Waals surface area contributed by atoms with Crippen LogP contribution >= 0.6 is 0 Å². The van der Waals surface area contributed by atoms with Gasteiger partial charge in [0, 0.05) is 5.56 Å². The lowest BCUT2D eigenvalue weighted by Gasteiger charge is -2.10. The summed E-state index contributed by atoms with van der Waals surface area (Å²) in [4.78, 5) is 0. The van der Waals surface area contributed by atoms with Gasteiger partial charge in [-0.25, -0.2) is 0 Å². The van der Waals surface area contributed by atoms with Crippen molar-refractivity contribution >= 4 is 11.4 Å². The molecule has 2 rings (SSSR count). The van der Waals surface area contributed by atoms with Gasteiger partial charge in [-0.1, -0.05) is 12.6 Å². The zero-order valence-corrected chi connectivity index (χ0v) is 11.6. The molecule has 0 saturated heterocycles. The third-order valence-electron chi connectivity index (χ3n) is 2.79. The molecule has 0 aliphatic heterocycles. The molecule has 1 aromatic carbocycles. The van der Waals surface area contributed by atoms with Crippen LogP contribution in [0.4, 0.5) is 5.69 Å². The molecule has 5 heteroatoms. The summed E-state index contributed by atoms with van der Waals surface area (Å²) in [6, 6.07) is 9.16. The largest absolute Gasteiger partial charge is 0.494 e. The molecule has 2 aromatic rings. The van der Waals surface area contributed by atoms with Gasteiger partial charge in [-0.15, -0.1) is 10.2 Å². The second-order valence-corrected chi connectivity index (χ2v) is 4.09. The summed E-state index contributed by atoms with van der Waals surface area (Å²) < 4.78 is 10.6. The van der Waals surface area contributed by atoms with E-state index in [1.807, 2.05) is 31.2 Å². The van der Waals surface area contributed by atoms with Crippen molar-refractivity contribution in [1.29, 1.82) is 0 Å². The Hall–Kier alpha value is -2.56. The number of nitrogens with zero attached hydrogens (tertiary/aromatic N) is 2. The van der Waals surface area contributed by atoms with Crippen molar-refractivity contribution in [3.63, 3.8) is 0 Å². The van der Waals surface area contributed by atoms with E-state index in [9.17, 15) is 0 Å². The number of methoxy groups -OCH3 is 1. The second-order valence-electron chi connectivity index (χ2n) is 4.09. The number of para-hydroxylation sites is 1. The molecule has 0 unspecified atom stereocenters. The maximum absolute atomic E-state index is 5.88. The van der Waals surface area contributed by atoms with E-state index in [1.54, 1.807) is 13.2 Å². The molecule has 0 bridgehead atoms. The summed E-state index contributed by atoms with van der Waals surface area (Å²) in [6.45, 7) is 6.24. The van der Waals surface area contributed by atoms with Crippen LogP contribution in [0, 0.1) is 0 Å². The first-order valence-electron chi connectivity index (χ1n) is 6.26. The average molecular weight is 271 g/mol. The van der Waals surface area contributed by atoms with Gasteiger partial charge >= 0.3 is 0 Å². The van der Waals surface area contributed by atoms with Gasteiger partial charge in [-0.2, -0.15) is 0 Å². The van der Waals surface area contributed by atoms with Gasteiger partial charge in [0.1, 0.15) is 11.5 Å². The Kier molecular flexibility index (Phi) is 4.20. The van der Waals surface area contributed by atoms with Crippen molar-refractivity contribution in [3.05, 3.63) is 42.6 Å². The number of hydrogen-bond acceptors (Lipinski definition) is 5. The molecule has 0 spiro atoms. The fourth-order valence-corrected chi connectivity index (χ4v) is 1.86. The standard InChI is InChI=1S/C15H17N3O2/c1-4-20-10(2)13-8-9-14(18-17-13)11-6-5-7-12(16)15(11)19-3/h5-9H,2,4,16H2,1,3H3. The summed E-state index contributed by atoms with van der Waals surface area (Å²) in [7, 11) is 1.58. The zero-order valence-electron chi connectivity index (χ0n) is 11.6. The number of nitrogen functional groups attached to an aromatic ring is 1. The average Bonchev–Trinajstić information content (AvgIpc) is 2.47. The van der Waals surface area contributed by atoms with Crippen molar-refractivity contribution in [1.82, 2.24) is 10.2 Å². The van der Waals surface area contributed by atoms with E-state index in [2.05, 4.69) is 16.8 Å². The summed E-state index contributed by atoms with van der Waals surface area (Å²) in [5.41, 5.74) is 8.54. The molecule has 0 saturated carbocycles. The highest BCUT2D eigenvalue weighted by Gasteiger charge is 2.11. The quantitative estimate of drug-likeness (QED) is 0.669. The lowest BCUT2D eigenvalue weighted by atomic mass is 10.1. The summed E-state index contributed by atoms with van der Waals surface area (Å²) in [5.74, 6) is 1.10. The molecule has 2 N–H and O–H groups in total. The molecule has 0 aliphatic rings. The topological polar surface area (TPSA) is 70.3 Å². The highest BCUT2D eigenvalue weighted by Crippen LogP contribution is 2.33. The van der Waals surface area contributed by atoms with Crippen LogP contribution in [-0.2, 0) is 4.74 Å². The highest BCUT2D eigenvalue weighted by atomic mass is 16.5. The van der Waals surface area contributed by atoms with Gasteiger partial charge in [-0.3, -0.25) is 0 Å². The molecular weight excluding hydrogens is 254 g/mol. The summed E-state index contributed by atoms with van der Waals surface area (Å²) >= 11 is 0. The lowest BCUT2D eigenvalue weighted by Crippen LogP contribution is -1.99. The Balaban J connectivity index is 2.35. The van der Waals surface area contributed by atoms with Crippen LogP contribution in [0.15, 0.2) is 36.9 Å². The Bertz CT molecular complexity index is 609. The third kappa shape index (κ3) is 2.71. The molecule has 1 aromatic heterocycles. The fourth-order valence-electron chi connectivity index (χ4n) is 1.86. The molecule has 0 amide bonds. The van der Waals surface area contributed by atoms with E-state index < -0.39 is 0 Å². The van der Waals surface area contributed by atoms with Crippen LogP contribution < -0.4 is 10.5 Å². The van der Waals surface area contributed by atoms with Gasteiger partial charge in [-0.05, 0) is 31.2 Å². The highest BCUT2D eigenvalue weighted by molar-refractivity contribution is 5.75. The van der Waals surface area contributed by atoms with Crippen LogP contribution in [0.5, 0.6) is 5.75 Å². The third-order valence-corrected chi connectivity index (χ3v) is 2.79. The molecule has 0 radical (unpaired) electrons. The number of nitrogens with two attached hydrogens (primary N) is 1. The molecule has 5 nitrogen and oxygen atoms in total. The first-order chi connectivity index (χ1) is 9.67. The number of rotatable bonds is 5. The monoisotopic (exact) mass is 271 g/mol. The molecule has 20 heavy (non-hydrogen) atoms. The SMILES string of the molecule is C=C(OCC)c1ccc(-c2cccc(N)c2OC)nn1. The Morgan fingerprint density at radius 3 is 2.65 bits per heavy atom. The number of aromatic nitrogens is 2. The van der Waals surface area contributed by atoms with E-state index in [4.69, 9.17) is 15.2 Å². The van der Waals surface area contributed by atoms with E-state index in [0.717, 1.165) is 5.56 Å². The van der Waals surface area contributed by atoms with Gasteiger partial charge in [0.15, 0.2) is 5.75 Å². The fraction of sp³-hybridized carbons (Fsp3) is 0.200. The lowest BCUT2D eigenvalue weighted by molar-refractivity contribution is 0.297. The first-order valence-corrected chi connectivity index (χ1v) is 6.26. The second kappa shape index (κ2) is 6.06. The summed E-state index contributed by atoms with van der Waals surface area (Å²) in [5, 5.41) is 8.28. The van der Waals surface area contributed by atoms with Crippen molar-refractivity contribution in [2.24, 2.45) is 0 Å². The minimum atomic E-state index is 0.506. The molecule has 0 fully saturated rings.